The summed E-state index contributed by atoms with van der Waals surface area (Å²) in [5.74, 6) is 0.389. The molecule has 1 amide bonds. The molecule has 136 valence electrons. The van der Waals surface area contributed by atoms with Crippen LogP contribution in [0.3, 0.4) is 0 Å². The molecule has 1 heterocycles. The molecule has 1 N–H and O–H groups in total. The van der Waals surface area contributed by atoms with E-state index in [1.165, 1.54) is 24.9 Å². The van der Waals surface area contributed by atoms with Gasteiger partial charge < -0.3 is 9.64 Å². The molecule has 2 aromatic rings. The number of ether oxygens (including phenoxy) is 1. The molecule has 0 unspecified atom stereocenters. The number of rotatable bonds is 5. The maximum absolute atomic E-state index is 12.2. The number of carbonyl (C=O) groups excluding carboxylic acids is 1. The van der Waals surface area contributed by atoms with Crippen molar-refractivity contribution in [1.29, 1.82) is 0 Å². The number of carbonyl (C=O) groups is 1. The van der Waals surface area contributed by atoms with Gasteiger partial charge in [0.2, 0.25) is 0 Å². The van der Waals surface area contributed by atoms with E-state index in [1.54, 1.807) is 31.4 Å². The number of hydrazone groups is 1. The fraction of sp³-hybridized carbons (Fsp3) is 0.333. The van der Waals surface area contributed by atoms with Gasteiger partial charge in [0.05, 0.1) is 12.8 Å². The molecular weight excluding hydrogens is 326 g/mol. The number of hydrogen-bond donors (Lipinski definition) is 1. The van der Waals surface area contributed by atoms with Crippen molar-refractivity contribution in [2.45, 2.75) is 26.2 Å². The van der Waals surface area contributed by atoms with Crippen LogP contribution in [0, 0.1) is 0 Å². The lowest BCUT2D eigenvalue weighted by atomic mass is 10.1. The van der Waals surface area contributed by atoms with Crippen LogP contribution >= 0.6 is 0 Å². The lowest BCUT2D eigenvalue weighted by Crippen LogP contribution is -2.29. The third-order valence-corrected chi connectivity index (χ3v) is 4.66. The zero-order chi connectivity index (χ0) is 18.4. The molecule has 0 saturated carbocycles. The summed E-state index contributed by atoms with van der Waals surface area (Å²) in [5, 5.41) is 4.23. The van der Waals surface area contributed by atoms with Crippen molar-refractivity contribution in [3.05, 3.63) is 59.7 Å². The summed E-state index contributed by atoms with van der Waals surface area (Å²) in [6.07, 6.45) is 3.85. The Labute approximate surface area is 154 Å². The van der Waals surface area contributed by atoms with Crippen LogP contribution in [0.2, 0.25) is 0 Å². The Morgan fingerprint density at radius 3 is 2.46 bits per heavy atom. The third kappa shape index (κ3) is 4.42. The van der Waals surface area contributed by atoms with Gasteiger partial charge in [0.15, 0.2) is 0 Å². The second kappa shape index (κ2) is 8.52. The van der Waals surface area contributed by atoms with Crippen LogP contribution in [-0.2, 0) is 0 Å². The molecule has 1 aliphatic heterocycles. The zero-order valence-corrected chi connectivity index (χ0v) is 15.4. The largest absolute Gasteiger partial charge is 0.497 e. The van der Waals surface area contributed by atoms with Gasteiger partial charge in [-0.25, -0.2) is 5.43 Å². The number of hydrogen-bond acceptors (Lipinski definition) is 4. The average Bonchev–Trinajstić information content (AvgIpc) is 2.72. The first-order valence-corrected chi connectivity index (χ1v) is 9.01. The van der Waals surface area contributed by atoms with E-state index in [4.69, 9.17) is 4.74 Å². The molecule has 0 atom stereocenters. The van der Waals surface area contributed by atoms with Crippen molar-refractivity contribution in [1.82, 2.24) is 5.43 Å². The van der Waals surface area contributed by atoms with Gasteiger partial charge >= 0.3 is 0 Å². The monoisotopic (exact) mass is 351 g/mol. The molecule has 0 radical (unpaired) electrons. The first-order chi connectivity index (χ1) is 12.7. The zero-order valence-electron chi connectivity index (χ0n) is 15.4. The van der Waals surface area contributed by atoms with Gasteiger partial charge in [-0.3, -0.25) is 4.79 Å². The number of piperidine rings is 1. The van der Waals surface area contributed by atoms with E-state index in [-0.39, 0.29) is 5.91 Å². The molecular formula is C21H25N3O2. The van der Waals surface area contributed by atoms with Crippen molar-refractivity contribution < 1.29 is 9.53 Å². The summed E-state index contributed by atoms with van der Waals surface area (Å²) < 4.78 is 5.14. The van der Waals surface area contributed by atoms with E-state index in [0.717, 1.165) is 24.4 Å². The number of methoxy groups -OCH3 is 1. The minimum atomic E-state index is -0.256. The lowest BCUT2D eigenvalue weighted by molar-refractivity contribution is 0.0954. The van der Waals surface area contributed by atoms with E-state index in [2.05, 4.69) is 39.7 Å². The van der Waals surface area contributed by atoms with Gasteiger partial charge in [-0.15, -0.1) is 0 Å². The fourth-order valence-corrected chi connectivity index (χ4v) is 3.09. The van der Waals surface area contributed by atoms with E-state index >= 15 is 0 Å². The first kappa shape index (κ1) is 18.0. The molecule has 1 fully saturated rings. The molecule has 0 bridgehead atoms. The quantitative estimate of drug-likeness (QED) is 0.658. The predicted octanol–water partition coefficient (Wildman–Crippen LogP) is 3.84. The van der Waals surface area contributed by atoms with Crippen LogP contribution in [0.25, 0.3) is 0 Å². The van der Waals surface area contributed by atoms with Gasteiger partial charge in [-0.1, -0.05) is 18.2 Å². The van der Waals surface area contributed by atoms with Crippen LogP contribution in [0.4, 0.5) is 5.69 Å². The Morgan fingerprint density at radius 1 is 1.04 bits per heavy atom. The predicted molar refractivity (Wildman–Crippen MR) is 105 cm³/mol. The van der Waals surface area contributed by atoms with Crippen LogP contribution in [-0.4, -0.2) is 31.8 Å². The van der Waals surface area contributed by atoms with Crippen molar-refractivity contribution in [3.8, 4) is 5.75 Å². The molecule has 26 heavy (non-hydrogen) atoms. The lowest BCUT2D eigenvalue weighted by Gasteiger charge is -2.28. The Balaban J connectivity index is 1.64. The van der Waals surface area contributed by atoms with E-state index < -0.39 is 0 Å². The van der Waals surface area contributed by atoms with Crippen LogP contribution < -0.4 is 15.1 Å². The molecule has 0 aliphatic carbocycles. The minimum Gasteiger partial charge on any atom is -0.497 e. The molecule has 1 saturated heterocycles. The van der Waals surface area contributed by atoms with Gasteiger partial charge in [0.1, 0.15) is 5.75 Å². The maximum atomic E-state index is 12.2. The van der Waals surface area contributed by atoms with Crippen molar-refractivity contribution in [2.24, 2.45) is 5.10 Å². The molecule has 0 aromatic heterocycles. The minimum absolute atomic E-state index is 0.256. The van der Waals surface area contributed by atoms with Gasteiger partial charge in [0, 0.05) is 24.3 Å². The molecule has 5 heteroatoms. The number of nitrogens with zero attached hydrogens (tertiary/aromatic N) is 2. The number of amides is 1. The standard InChI is InChI=1S/C21H25N3O2/c1-16(22-23-21(25)18-7-6-8-20(15-18)26-2)17-9-11-19(12-10-17)24-13-4-3-5-14-24/h6-12,15H,3-5,13-14H2,1-2H3,(H,23,25)/b22-16+. The highest BCUT2D eigenvalue weighted by Crippen LogP contribution is 2.20. The van der Waals surface area contributed by atoms with Crippen molar-refractivity contribution >= 4 is 17.3 Å². The Bertz CT molecular complexity index is 778. The van der Waals surface area contributed by atoms with Crippen molar-refractivity contribution in [3.63, 3.8) is 0 Å². The van der Waals surface area contributed by atoms with Gasteiger partial charge in [-0.2, -0.15) is 5.10 Å². The maximum Gasteiger partial charge on any atom is 0.271 e. The van der Waals surface area contributed by atoms with E-state index in [1.807, 2.05) is 6.92 Å². The summed E-state index contributed by atoms with van der Waals surface area (Å²) in [6, 6.07) is 15.4. The summed E-state index contributed by atoms with van der Waals surface area (Å²) >= 11 is 0. The van der Waals surface area contributed by atoms with Gasteiger partial charge in [0.25, 0.3) is 5.91 Å². The Morgan fingerprint density at radius 2 is 1.77 bits per heavy atom. The van der Waals surface area contributed by atoms with Gasteiger partial charge in [-0.05, 0) is 62.1 Å². The molecule has 3 rings (SSSR count). The average molecular weight is 351 g/mol. The summed E-state index contributed by atoms with van der Waals surface area (Å²) in [7, 11) is 1.58. The van der Waals surface area contributed by atoms with Crippen LogP contribution in [0.15, 0.2) is 53.6 Å². The smallest absolute Gasteiger partial charge is 0.271 e. The third-order valence-electron chi connectivity index (χ3n) is 4.66. The second-order valence-corrected chi connectivity index (χ2v) is 6.46. The topological polar surface area (TPSA) is 53.9 Å². The summed E-state index contributed by atoms with van der Waals surface area (Å²) in [6.45, 7) is 4.15. The normalized spacial score (nSPS) is 14.8. The van der Waals surface area contributed by atoms with E-state index in [9.17, 15) is 4.79 Å². The molecule has 1 aliphatic rings. The fourth-order valence-electron chi connectivity index (χ4n) is 3.09. The van der Waals surface area contributed by atoms with Crippen molar-refractivity contribution in [2.75, 3.05) is 25.1 Å². The highest BCUT2D eigenvalue weighted by atomic mass is 16.5. The second-order valence-electron chi connectivity index (χ2n) is 6.46. The molecule has 2 aromatic carbocycles. The van der Waals surface area contributed by atoms with Crippen LogP contribution in [0.5, 0.6) is 5.75 Å². The summed E-state index contributed by atoms with van der Waals surface area (Å²) in [5.41, 5.74) is 6.14. The molecule has 0 spiro atoms. The Hall–Kier alpha value is -2.82. The molecule has 5 nitrogen and oxygen atoms in total. The number of nitrogens with one attached hydrogen (secondary N) is 1. The number of anilines is 1. The highest BCUT2D eigenvalue weighted by molar-refractivity contribution is 6.01. The summed E-state index contributed by atoms with van der Waals surface area (Å²) in [4.78, 5) is 14.6. The highest BCUT2D eigenvalue weighted by Gasteiger charge is 2.11. The Kier molecular flexibility index (Phi) is 5.89. The SMILES string of the molecule is COc1cccc(C(=O)N/N=C(\C)c2ccc(N3CCCCC3)cc2)c1. The first-order valence-electron chi connectivity index (χ1n) is 9.01. The van der Waals surface area contributed by atoms with Crippen LogP contribution in [0.1, 0.15) is 42.1 Å². The number of benzene rings is 2. The van der Waals surface area contributed by atoms with E-state index in [0.29, 0.717) is 11.3 Å².